The highest BCUT2D eigenvalue weighted by Crippen LogP contribution is 2.19. The summed E-state index contributed by atoms with van der Waals surface area (Å²) in [6.45, 7) is 9.98. The van der Waals surface area contributed by atoms with E-state index >= 15 is 0 Å². The van der Waals surface area contributed by atoms with Crippen LogP contribution in [0.5, 0.6) is 5.88 Å². The molecule has 0 unspecified atom stereocenters. The van der Waals surface area contributed by atoms with Crippen LogP contribution in [0.4, 0.5) is 0 Å². The first-order valence-corrected chi connectivity index (χ1v) is 10.8. The molecule has 3 heterocycles. The van der Waals surface area contributed by atoms with Crippen molar-refractivity contribution in [2.24, 2.45) is 0 Å². The van der Waals surface area contributed by atoms with Gasteiger partial charge >= 0.3 is 0 Å². The van der Waals surface area contributed by atoms with Gasteiger partial charge in [-0.1, -0.05) is 5.92 Å². The van der Waals surface area contributed by atoms with Gasteiger partial charge in [0.1, 0.15) is 6.61 Å². The Morgan fingerprint density at radius 2 is 2.00 bits per heavy atom. The number of aromatic nitrogens is 2. The number of hydrogen-bond donors (Lipinski definition) is 1. The number of fused-ring (bicyclic) bond motifs is 1. The van der Waals surface area contributed by atoms with Crippen molar-refractivity contribution < 1.29 is 29.8 Å². The van der Waals surface area contributed by atoms with Gasteiger partial charge in [-0.2, -0.15) is 4.89 Å². The summed E-state index contributed by atoms with van der Waals surface area (Å²) in [7, 11) is 0. The first-order chi connectivity index (χ1) is 15.1. The van der Waals surface area contributed by atoms with Crippen LogP contribution in [-0.4, -0.2) is 76.7 Å². The molecule has 0 atom stereocenters. The summed E-state index contributed by atoms with van der Waals surface area (Å²) >= 11 is 0. The molecule has 174 valence electrons. The van der Waals surface area contributed by atoms with Crippen LogP contribution in [0.1, 0.15) is 45.2 Å². The van der Waals surface area contributed by atoms with E-state index in [2.05, 4.69) is 47.6 Å². The summed E-state index contributed by atoms with van der Waals surface area (Å²) in [5, 5.41) is 18.7. The van der Waals surface area contributed by atoms with Gasteiger partial charge in [-0.15, -0.1) is 11.0 Å². The summed E-state index contributed by atoms with van der Waals surface area (Å²) in [5.74, 6) is 6.01. The van der Waals surface area contributed by atoms with Crippen LogP contribution < -0.4 is 4.74 Å². The minimum atomic E-state index is 0.0804. The lowest BCUT2D eigenvalue weighted by molar-refractivity contribution is -0.620. The zero-order valence-corrected chi connectivity index (χ0v) is 18.5. The van der Waals surface area contributed by atoms with Gasteiger partial charge in [-0.05, 0) is 55.6 Å². The molecule has 0 aromatic carbocycles. The molecule has 1 amide bonds. The largest absolute Gasteiger partial charge is 0.477 e. The SMILES string of the molecule is CC#CCOOOO.CC(=O)N1CCN(CCCCOc2cc3n(n2)CCCC3)CC1. The molecule has 0 radical (unpaired) electrons. The molecule has 1 aromatic rings. The van der Waals surface area contributed by atoms with Crippen molar-refractivity contribution in [1.29, 1.82) is 0 Å². The molecular weight excluding hydrogens is 404 g/mol. The Bertz CT molecular complexity index is 683. The standard InChI is InChI=1S/C17H28N4O2.C4H6O4/c1-15(22)20-11-9-19(10-12-20)7-4-5-13-23-17-14-16-6-2-3-8-21(16)18-17;1-2-3-4-6-8-7-5/h14H,2-13H2,1H3;5H,4H2,1H3. The van der Waals surface area contributed by atoms with E-state index in [1.165, 1.54) is 18.5 Å². The molecule has 10 heteroatoms. The van der Waals surface area contributed by atoms with Gasteiger partial charge in [0.05, 0.1) is 6.61 Å². The highest BCUT2D eigenvalue weighted by Gasteiger charge is 2.18. The van der Waals surface area contributed by atoms with E-state index in [1.54, 1.807) is 13.8 Å². The zero-order valence-electron chi connectivity index (χ0n) is 18.5. The number of carbonyl (C=O) groups is 1. The smallest absolute Gasteiger partial charge is 0.232 e. The van der Waals surface area contributed by atoms with Crippen LogP contribution in [0, 0.1) is 11.8 Å². The molecule has 1 N–H and O–H groups in total. The second kappa shape index (κ2) is 14.8. The summed E-state index contributed by atoms with van der Waals surface area (Å²) < 4.78 is 7.88. The number of nitrogens with zero attached hydrogens (tertiary/aromatic N) is 4. The Morgan fingerprint density at radius 3 is 2.68 bits per heavy atom. The highest BCUT2D eigenvalue weighted by molar-refractivity contribution is 5.73. The van der Waals surface area contributed by atoms with E-state index < -0.39 is 0 Å². The normalized spacial score (nSPS) is 15.9. The summed E-state index contributed by atoms with van der Waals surface area (Å²) in [5.41, 5.74) is 1.31. The maximum atomic E-state index is 11.3. The molecule has 0 spiro atoms. The van der Waals surface area contributed by atoms with Crippen LogP contribution in [0.3, 0.4) is 0 Å². The number of ether oxygens (including phenoxy) is 1. The summed E-state index contributed by atoms with van der Waals surface area (Å²) in [6, 6.07) is 2.10. The van der Waals surface area contributed by atoms with Crippen molar-refractivity contribution in [3.05, 3.63) is 11.8 Å². The third-order valence-electron chi connectivity index (χ3n) is 5.22. The maximum Gasteiger partial charge on any atom is 0.232 e. The minimum Gasteiger partial charge on any atom is -0.477 e. The molecule has 1 aromatic heterocycles. The second-order valence-corrected chi connectivity index (χ2v) is 7.39. The Kier molecular flexibility index (Phi) is 12.0. The topological polar surface area (TPSA) is 98.5 Å². The molecule has 0 aliphatic carbocycles. The fourth-order valence-electron chi connectivity index (χ4n) is 3.51. The monoisotopic (exact) mass is 438 g/mol. The molecular formula is C21H34N4O6. The lowest BCUT2D eigenvalue weighted by atomic mass is 10.1. The quantitative estimate of drug-likeness (QED) is 0.270. The lowest BCUT2D eigenvalue weighted by Crippen LogP contribution is -2.48. The molecule has 0 saturated carbocycles. The van der Waals surface area contributed by atoms with Crippen molar-refractivity contribution in [3.8, 4) is 17.7 Å². The van der Waals surface area contributed by atoms with E-state index in [0.717, 1.165) is 71.0 Å². The van der Waals surface area contributed by atoms with Crippen molar-refractivity contribution in [3.63, 3.8) is 0 Å². The van der Waals surface area contributed by atoms with Crippen LogP contribution in [-0.2, 0) is 32.7 Å². The van der Waals surface area contributed by atoms with Crippen molar-refractivity contribution >= 4 is 5.91 Å². The molecule has 1 fully saturated rings. The van der Waals surface area contributed by atoms with Gasteiger partial charge in [0.2, 0.25) is 11.8 Å². The third-order valence-corrected chi connectivity index (χ3v) is 5.22. The number of piperazine rings is 1. The van der Waals surface area contributed by atoms with E-state index in [-0.39, 0.29) is 12.5 Å². The summed E-state index contributed by atoms with van der Waals surface area (Å²) in [6.07, 6.45) is 5.80. The number of amides is 1. The van der Waals surface area contributed by atoms with Crippen LogP contribution >= 0.6 is 0 Å². The van der Waals surface area contributed by atoms with Crippen molar-refractivity contribution in [2.75, 3.05) is 45.9 Å². The van der Waals surface area contributed by atoms with Gasteiger partial charge < -0.3 is 9.64 Å². The van der Waals surface area contributed by atoms with Gasteiger partial charge in [0.15, 0.2) is 0 Å². The Labute approximate surface area is 183 Å². The number of rotatable bonds is 9. The number of aryl methyl sites for hydroxylation is 2. The fourth-order valence-corrected chi connectivity index (χ4v) is 3.51. The second-order valence-electron chi connectivity index (χ2n) is 7.39. The number of unbranched alkanes of at least 4 members (excludes halogenated alkanes) is 1. The van der Waals surface area contributed by atoms with Crippen molar-refractivity contribution in [1.82, 2.24) is 19.6 Å². The average molecular weight is 439 g/mol. The molecule has 1 saturated heterocycles. The fraction of sp³-hybridized carbons (Fsp3) is 0.714. The summed E-state index contributed by atoms with van der Waals surface area (Å²) in [4.78, 5) is 19.7. The molecule has 10 nitrogen and oxygen atoms in total. The van der Waals surface area contributed by atoms with Gasteiger partial charge in [-0.3, -0.25) is 14.4 Å². The molecule has 31 heavy (non-hydrogen) atoms. The first-order valence-electron chi connectivity index (χ1n) is 10.8. The van der Waals surface area contributed by atoms with Crippen LogP contribution in [0.15, 0.2) is 6.07 Å². The third kappa shape index (κ3) is 9.67. The Morgan fingerprint density at radius 1 is 1.19 bits per heavy atom. The van der Waals surface area contributed by atoms with Gasteiger partial charge in [0.25, 0.3) is 0 Å². The molecule has 2 aliphatic rings. The van der Waals surface area contributed by atoms with Gasteiger partial charge in [-0.25, -0.2) is 5.26 Å². The van der Waals surface area contributed by atoms with Crippen LogP contribution in [0.25, 0.3) is 0 Å². The molecule has 3 rings (SSSR count). The average Bonchev–Trinajstić information content (AvgIpc) is 3.20. The maximum absolute atomic E-state index is 11.3. The van der Waals surface area contributed by atoms with E-state index in [1.807, 2.05) is 4.90 Å². The van der Waals surface area contributed by atoms with Crippen LogP contribution in [0.2, 0.25) is 0 Å². The first kappa shape index (κ1) is 25.1. The van der Waals surface area contributed by atoms with E-state index in [0.29, 0.717) is 0 Å². The van der Waals surface area contributed by atoms with E-state index in [9.17, 15) is 4.79 Å². The zero-order chi connectivity index (χ0) is 22.3. The lowest BCUT2D eigenvalue weighted by Gasteiger charge is -2.34. The van der Waals surface area contributed by atoms with E-state index in [4.69, 9.17) is 9.99 Å². The Balaban J connectivity index is 0.000000366. The predicted molar refractivity (Wildman–Crippen MR) is 113 cm³/mol. The van der Waals surface area contributed by atoms with Gasteiger partial charge in [0, 0.05) is 51.4 Å². The number of carbonyl (C=O) groups excluding carboxylic acids is 1. The highest BCUT2D eigenvalue weighted by atomic mass is 17.6. The Hall–Kier alpha value is -2.16. The minimum absolute atomic E-state index is 0.0804. The number of hydrogen-bond acceptors (Lipinski definition) is 8. The van der Waals surface area contributed by atoms with Crippen molar-refractivity contribution in [2.45, 2.75) is 52.5 Å². The predicted octanol–water partition coefficient (Wildman–Crippen LogP) is 1.90. The molecule has 0 bridgehead atoms. The molecule has 2 aliphatic heterocycles.